The summed E-state index contributed by atoms with van der Waals surface area (Å²) in [7, 11) is 0. The normalized spacial score (nSPS) is 12.6. The minimum Gasteiger partial charge on any atom is -0.507 e. The van der Waals surface area contributed by atoms with Crippen LogP contribution in [0.25, 0.3) is 0 Å². The molecule has 6 heteroatoms. The molecule has 0 fully saturated rings. The van der Waals surface area contributed by atoms with Crippen LogP contribution in [0.4, 0.5) is 0 Å². The van der Waals surface area contributed by atoms with E-state index in [4.69, 9.17) is 0 Å². The first kappa shape index (κ1) is 18.2. The molecule has 0 radical (unpaired) electrons. The number of phenols is 2. The molecule has 0 saturated heterocycles. The third-order valence-electron chi connectivity index (χ3n) is 3.55. The van der Waals surface area contributed by atoms with E-state index < -0.39 is 12.0 Å². The highest BCUT2D eigenvalue weighted by Gasteiger charge is 2.14. The molecule has 6 nitrogen and oxygen atoms in total. The second-order valence-electron chi connectivity index (χ2n) is 5.43. The lowest BCUT2D eigenvalue weighted by atomic mass is 10.1. The van der Waals surface area contributed by atoms with Gasteiger partial charge < -0.3 is 15.3 Å². The van der Waals surface area contributed by atoms with Gasteiger partial charge in [-0.2, -0.15) is 0 Å². The number of nitrogens with zero attached hydrogens (tertiary/aromatic N) is 2. The number of hydrogen-bond acceptors (Lipinski definition) is 5. The van der Waals surface area contributed by atoms with E-state index in [1.807, 2.05) is 0 Å². The van der Waals surface area contributed by atoms with Crippen LogP contribution in [-0.4, -0.2) is 46.3 Å². The fourth-order valence-electron chi connectivity index (χ4n) is 2.16. The van der Waals surface area contributed by atoms with Crippen molar-refractivity contribution in [2.75, 3.05) is 6.54 Å². The zero-order chi connectivity index (χ0) is 18.1. The highest BCUT2D eigenvalue weighted by Crippen LogP contribution is 2.14. The van der Waals surface area contributed by atoms with Crippen LogP contribution >= 0.6 is 0 Å². The summed E-state index contributed by atoms with van der Waals surface area (Å²) in [6.07, 6.45) is 3.81. The van der Waals surface area contributed by atoms with Crippen molar-refractivity contribution in [1.82, 2.24) is 0 Å². The molecular weight excluding hydrogens is 320 g/mol. The zero-order valence-electron chi connectivity index (χ0n) is 13.6. The van der Waals surface area contributed by atoms with Gasteiger partial charge in [0, 0.05) is 30.1 Å². The maximum Gasteiger partial charge on any atom is 0.328 e. The Labute approximate surface area is 145 Å². The second kappa shape index (κ2) is 9.22. The summed E-state index contributed by atoms with van der Waals surface area (Å²) in [5.41, 5.74) is 1.10. The minimum absolute atomic E-state index is 0.0580. The van der Waals surface area contributed by atoms with Crippen LogP contribution in [0.2, 0.25) is 0 Å². The molecular formula is C19H20N2O4. The van der Waals surface area contributed by atoms with Gasteiger partial charge >= 0.3 is 5.97 Å². The quantitative estimate of drug-likeness (QED) is 0.508. The molecule has 0 spiro atoms. The fourth-order valence-corrected chi connectivity index (χ4v) is 2.16. The molecule has 3 N–H and O–H groups in total. The largest absolute Gasteiger partial charge is 0.507 e. The van der Waals surface area contributed by atoms with Gasteiger partial charge in [0.15, 0.2) is 0 Å². The molecule has 2 rings (SSSR count). The minimum atomic E-state index is -1.02. The maximum atomic E-state index is 11.3. The summed E-state index contributed by atoms with van der Waals surface area (Å²) in [6.45, 7) is 0.435. The monoisotopic (exact) mass is 340 g/mol. The van der Waals surface area contributed by atoms with Crippen molar-refractivity contribution in [3.8, 4) is 11.5 Å². The first-order valence-corrected chi connectivity index (χ1v) is 7.89. The molecule has 2 aromatic rings. The van der Waals surface area contributed by atoms with E-state index in [-0.39, 0.29) is 11.5 Å². The Morgan fingerprint density at radius 1 is 0.960 bits per heavy atom. The predicted molar refractivity (Wildman–Crippen MR) is 96.9 cm³/mol. The van der Waals surface area contributed by atoms with Gasteiger partial charge in [-0.25, -0.2) is 4.79 Å². The molecule has 25 heavy (non-hydrogen) atoms. The number of aromatic hydroxyl groups is 2. The summed E-state index contributed by atoms with van der Waals surface area (Å²) >= 11 is 0. The third kappa shape index (κ3) is 5.76. The predicted octanol–water partition coefficient (Wildman–Crippen LogP) is 2.87. The number of carboxylic acids is 1. The van der Waals surface area contributed by atoms with Crippen molar-refractivity contribution in [1.29, 1.82) is 0 Å². The number of para-hydroxylation sites is 2. The van der Waals surface area contributed by atoms with Crippen LogP contribution in [0.5, 0.6) is 11.5 Å². The number of hydrogen-bond donors (Lipinski definition) is 3. The van der Waals surface area contributed by atoms with Gasteiger partial charge in [-0.05, 0) is 37.1 Å². The Bertz CT molecular complexity index is 772. The number of phenolic OH excluding ortho intramolecular Hbond substituents is 2. The van der Waals surface area contributed by atoms with Crippen molar-refractivity contribution in [3.05, 3.63) is 59.7 Å². The van der Waals surface area contributed by atoms with Crippen LogP contribution in [0.3, 0.4) is 0 Å². The smallest absolute Gasteiger partial charge is 0.328 e. The summed E-state index contributed by atoms with van der Waals surface area (Å²) < 4.78 is 0. The van der Waals surface area contributed by atoms with E-state index >= 15 is 0 Å². The van der Waals surface area contributed by atoms with E-state index in [1.54, 1.807) is 48.7 Å². The Morgan fingerprint density at radius 2 is 1.52 bits per heavy atom. The Balaban J connectivity index is 1.87. The highest BCUT2D eigenvalue weighted by molar-refractivity contribution is 5.86. The first-order chi connectivity index (χ1) is 12.1. The average molecular weight is 340 g/mol. The molecule has 130 valence electrons. The number of carbonyl (C=O) groups is 1. The summed E-state index contributed by atoms with van der Waals surface area (Å²) in [4.78, 5) is 19.5. The topological polar surface area (TPSA) is 102 Å². The molecule has 2 aromatic carbocycles. The molecule has 0 aromatic heterocycles. The molecule has 0 amide bonds. The molecule has 1 atom stereocenters. The van der Waals surface area contributed by atoms with E-state index in [9.17, 15) is 20.1 Å². The summed E-state index contributed by atoms with van der Waals surface area (Å²) in [6, 6.07) is 12.6. The number of rotatable bonds is 8. The SMILES string of the molecule is O=C(O)[C@H](CCCN=Cc1ccccc1O)N=Cc1ccccc1O. The van der Waals surface area contributed by atoms with E-state index in [0.29, 0.717) is 30.5 Å². The summed E-state index contributed by atoms with van der Waals surface area (Å²) in [5.74, 6) is -0.805. The molecule has 0 aliphatic heterocycles. The average Bonchev–Trinajstić information content (AvgIpc) is 2.59. The van der Waals surface area contributed by atoms with Crippen LogP contribution < -0.4 is 0 Å². The highest BCUT2D eigenvalue weighted by atomic mass is 16.4. The molecule has 0 bridgehead atoms. The van der Waals surface area contributed by atoms with Crippen LogP contribution in [-0.2, 0) is 4.79 Å². The van der Waals surface area contributed by atoms with Gasteiger partial charge in [-0.1, -0.05) is 24.3 Å². The molecule has 0 aliphatic carbocycles. The third-order valence-corrected chi connectivity index (χ3v) is 3.55. The lowest BCUT2D eigenvalue weighted by Crippen LogP contribution is -2.18. The van der Waals surface area contributed by atoms with E-state index in [1.165, 1.54) is 12.3 Å². The van der Waals surface area contributed by atoms with Crippen LogP contribution in [0.1, 0.15) is 24.0 Å². The first-order valence-electron chi connectivity index (χ1n) is 7.89. The van der Waals surface area contributed by atoms with Crippen molar-refractivity contribution in [3.63, 3.8) is 0 Å². The molecule has 0 aliphatic rings. The maximum absolute atomic E-state index is 11.3. The van der Waals surface area contributed by atoms with E-state index in [2.05, 4.69) is 9.98 Å². The standard InChI is InChI=1S/C19H20N2O4/c22-17-9-3-1-6-14(17)12-20-11-5-8-16(19(24)25)21-13-15-7-2-4-10-18(15)23/h1-4,6-7,9-10,12-13,16,22-23H,5,8,11H2,(H,24,25)/t16-/m0/s1. The van der Waals surface area contributed by atoms with Gasteiger partial charge in [-0.3, -0.25) is 9.98 Å². The van der Waals surface area contributed by atoms with Gasteiger partial charge in [0.2, 0.25) is 0 Å². The van der Waals surface area contributed by atoms with Crippen molar-refractivity contribution in [2.24, 2.45) is 9.98 Å². The van der Waals surface area contributed by atoms with E-state index in [0.717, 1.165) is 0 Å². The van der Waals surface area contributed by atoms with Crippen molar-refractivity contribution >= 4 is 18.4 Å². The van der Waals surface area contributed by atoms with Crippen molar-refractivity contribution in [2.45, 2.75) is 18.9 Å². The fraction of sp³-hybridized carbons (Fsp3) is 0.211. The lowest BCUT2D eigenvalue weighted by Gasteiger charge is -2.06. The van der Waals surface area contributed by atoms with Gasteiger partial charge in [0.1, 0.15) is 17.5 Å². The molecule has 0 saturated carbocycles. The Morgan fingerprint density at radius 3 is 2.08 bits per heavy atom. The number of aliphatic carboxylic acids is 1. The lowest BCUT2D eigenvalue weighted by molar-refractivity contribution is -0.138. The Hall–Kier alpha value is -3.15. The van der Waals surface area contributed by atoms with Gasteiger partial charge in [0.05, 0.1) is 0 Å². The summed E-state index contributed by atoms with van der Waals surface area (Å²) in [5, 5.41) is 28.5. The molecule has 0 heterocycles. The van der Waals surface area contributed by atoms with Crippen molar-refractivity contribution < 1.29 is 20.1 Å². The number of benzene rings is 2. The van der Waals surface area contributed by atoms with Crippen LogP contribution in [0.15, 0.2) is 58.5 Å². The number of aliphatic imine (C=N–C) groups is 2. The second-order valence-corrected chi connectivity index (χ2v) is 5.43. The van der Waals surface area contributed by atoms with Crippen LogP contribution in [0, 0.1) is 0 Å². The Kier molecular flexibility index (Phi) is 6.71. The number of carboxylic acid groups (broad SMARTS) is 1. The van der Waals surface area contributed by atoms with Gasteiger partial charge in [0.25, 0.3) is 0 Å². The molecule has 0 unspecified atom stereocenters. The van der Waals surface area contributed by atoms with Gasteiger partial charge in [-0.15, -0.1) is 0 Å². The zero-order valence-corrected chi connectivity index (χ0v) is 13.6.